The molecule has 0 aromatic heterocycles. The molecule has 0 spiro atoms. The predicted molar refractivity (Wildman–Crippen MR) is 93.8 cm³/mol. The molecule has 0 unspecified atom stereocenters. The van der Waals surface area contributed by atoms with Crippen LogP contribution in [-0.2, 0) is 6.54 Å². The summed E-state index contributed by atoms with van der Waals surface area (Å²) in [6.07, 6.45) is 0. The molecule has 7 heteroatoms. The number of amides is 1. The molecule has 0 saturated heterocycles. The molecule has 6 nitrogen and oxygen atoms in total. The lowest BCUT2D eigenvalue weighted by Gasteiger charge is -2.12. The first kappa shape index (κ1) is 16.1. The quantitative estimate of drug-likeness (QED) is 0.585. The number of hydrazine groups is 1. The maximum atomic E-state index is 12.0. The summed E-state index contributed by atoms with van der Waals surface area (Å²) in [5, 5.41) is 3.34. The van der Waals surface area contributed by atoms with Gasteiger partial charge in [-0.1, -0.05) is 23.8 Å². The number of hydrogen-bond acceptors (Lipinski definition) is 4. The Morgan fingerprint density at radius 1 is 1.08 bits per heavy atom. The van der Waals surface area contributed by atoms with E-state index >= 15 is 0 Å². The Morgan fingerprint density at radius 3 is 2.62 bits per heavy atom. The summed E-state index contributed by atoms with van der Waals surface area (Å²) in [6.45, 7) is 2.72. The molecule has 0 saturated carbocycles. The van der Waals surface area contributed by atoms with Crippen LogP contribution in [-0.4, -0.2) is 17.8 Å². The Bertz CT molecular complexity index is 762. The van der Waals surface area contributed by atoms with Crippen LogP contribution in [0.15, 0.2) is 42.5 Å². The monoisotopic (exact) mass is 343 g/mol. The molecule has 0 fully saturated rings. The van der Waals surface area contributed by atoms with Gasteiger partial charge in [0.1, 0.15) is 0 Å². The molecule has 0 radical (unpaired) electrons. The van der Waals surface area contributed by atoms with Crippen LogP contribution in [0.2, 0.25) is 0 Å². The van der Waals surface area contributed by atoms with Crippen molar-refractivity contribution in [1.29, 1.82) is 0 Å². The van der Waals surface area contributed by atoms with E-state index in [0.717, 1.165) is 22.6 Å². The van der Waals surface area contributed by atoms with Gasteiger partial charge in [-0.25, -0.2) is 0 Å². The number of thiocarbonyl (C=S) groups is 1. The molecule has 0 bridgehead atoms. The largest absolute Gasteiger partial charge is 0.454 e. The van der Waals surface area contributed by atoms with Crippen LogP contribution in [0.25, 0.3) is 0 Å². The van der Waals surface area contributed by atoms with E-state index in [4.69, 9.17) is 21.7 Å². The van der Waals surface area contributed by atoms with E-state index in [0.29, 0.717) is 17.2 Å². The van der Waals surface area contributed by atoms with E-state index in [-0.39, 0.29) is 12.7 Å². The zero-order chi connectivity index (χ0) is 16.9. The van der Waals surface area contributed by atoms with Gasteiger partial charge in [0, 0.05) is 12.1 Å². The van der Waals surface area contributed by atoms with Gasteiger partial charge < -0.3 is 14.8 Å². The third-order valence-electron chi connectivity index (χ3n) is 3.49. The number of fused-ring (bicyclic) bond motifs is 1. The van der Waals surface area contributed by atoms with Crippen molar-refractivity contribution in [2.45, 2.75) is 13.5 Å². The lowest BCUT2D eigenvalue weighted by atomic mass is 10.1. The van der Waals surface area contributed by atoms with E-state index < -0.39 is 0 Å². The summed E-state index contributed by atoms with van der Waals surface area (Å²) in [6, 6.07) is 13.0. The van der Waals surface area contributed by atoms with Gasteiger partial charge in [-0.3, -0.25) is 15.6 Å². The third-order valence-corrected chi connectivity index (χ3v) is 3.74. The minimum atomic E-state index is -0.248. The summed E-state index contributed by atoms with van der Waals surface area (Å²) in [7, 11) is 0. The molecule has 124 valence electrons. The topological polar surface area (TPSA) is 71.6 Å². The van der Waals surface area contributed by atoms with Crippen LogP contribution in [0.4, 0.5) is 0 Å². The maximum Gasteiger partial charge on any atom is 0.269 e. The molecular weight excluding hydrogens is 326 g/mol. The minimum absolute atomic E-state index is 0.247. The molecule has 1 amide bonds. The lowest BCUT2D eigenvalue weighted by Crippen LogP contribution is -2.46. The standard InChI is InChI=1S/C17H17N3O3S/c1-11-2-5-13(6-3-11)16(21)19-20-17(24)18-9-12-4-7-14-15(8-12)23-10-22-14/h2-8H,9-10H2,1H3,(H,19,21)(H2,18,20,24). The number of carbonyl (C=O) groups is 1. The third kappa shape index (κ3) is 3.94. The second kappa shape index (κ2) is 7.18. The van der Waals surface area contributed by atoms with Gasteiger partial charge in [0.05, 0.1) is 0 Å². The highest BCUT2D eigenvalue weighted by Gasteiger charge is 2.13. The van der Waals surface area contributed by atoms with Crippen molar-refractivity contribution >= 4 is 23.2 Å². The Hall–Kier alpha value is -2.80. The molecule has 2 aromatic rings. The summed E-state index contributed by atoms with van der Waals surface area (Å²) >= 11 is 5.15. The molecule has 1 aliphatic rings. The highest BCUT2D eigenvalue weighted by atomic mass is 32.1. The number of carbonyl (C=O) groups excluding carboxylic acids is 1. The van der Waals surface area contributed by atoms with Crippen molar-refractivity contribution in [3.05, 3.63) is 59.2 Å². The number of aryl methyl sites for hydroxylation is 1. The summed E-state index contributed by atoms with van der Waals surface area (Å²) < 4.78 is 10.6. The van der Waals surface area contributed by atoms with Gasteiger partial charge in [0.15, 0.2) is 16.6 Å². The Kier molecular flexibility index (Phi) is 4.81. The molecule has 0 atom stereocenters. The average molecular weight is 343 g/mol. The Labute approximate surface area is 145 Å². The fourth-order valence-corrected chi connectivity index (χ4v) is 2.29. The molecule has 1 heterocycles. The van der Waals surface area contributed by atoms with Crippen LogP contribution < -0.4 is 25.6 Å². The van der Waals surface area contributed by atoms with Gasteiger partial charge >= 0.3 is 0 Å². The number of rotatable bonds is 3. The first-order chi connectivity index (χ1) is 11.6. The first-order valence-corrected chi connectivity index (χ1v) is 7.82. The van der Waals surface area contributed by atoms with Crippen molar-refractivity contribution in [1.82, 2.24) is 16.2 Å². The predicted octanol–water partition coefficient (Wildman–Crippen LogP) is 2.03. The SMILES string of the molecule is Cc1ccc(C(=O)NNC(=S)NCc2ccc3c(c2)OCO3)cc1. The molecular formula is C17H17N3O3S. The van der Waals surface area contributed by atoms with E-state index in [1.807, 2.05) is 37.3 Å². The number of nitrogens with one attached hydrogen (secondary N) is 3. The van der Waals surface area contributed by atoms with E-state index in [1.54, 1.807) is 12.1 Å². The lowest BCUT2D eigenvalue weighted by molar-refractivity contribution is 0.0943. The van der Waals surface area contributed by atoms with Gasteiger partial charge in [-0.05, 0) is 49.0 Å². The smallest absolute Gasteiger partial charge is 0.269 e. The molecule has 24 heavy (non-hydrogen) atoms. The van der Waals surface area contributed by atoms with Gasteiger partial charge in [0.25, 0.3) is 5.91 Å². The summed E-state index contributed by atoms with van der Waals surface area (Å²) in [4.78, 5) is 12.0. The zero-order valence-electron chi connectivity index (χ0n) is 13.1. The highest BCUT2D eigenvalue weighted by Crippen LogP contribution is 2.32. The highest BCUT2D eigenvalue weighted by molar-refractivity contribution is 7.80. The van der Waals surface area contributed by atoms with Crippen LogP contribution in [0.1, 0.15) is 21.5 Å². The van der Waals surface area contributed by atoms with Crippen LogP contribution >= 0.6 is 12.2 Å². The second-order valence-electron chi connectivity index (χ2n) is 5.32. The summed E-state index contributed by atoms with van der Waals surface area (Å²) in [5.41, 5.74) is 7.89. The normalized spacial score (nSPS) is 11.7. The van der Waals surface area contributed by atoms with Crippen molar-refractivity contribution < 1.29 is 14.3 Å². The van der Waals surface area contributed by atoms with E-state index in [2.05, 4.69) is 16.2 Å². The van der Waals surface area contributed by atoms with Crippen molar-refractivity contribution in [3.63, 3.8) is 0 Å². The molecule has 2 aromatic carbocycles. The fraction of sp³-hybridized carbons (Fsp3) is 0.176. The van der Waals surface area contributed by atoms with Crippen LogP contribution in [0.3, 0.4) is 0 Å². The maximum absolute atomic E-state index is 12.0. The van der Waals surface area contributed by atoms with Crippen molar-refractivity contribution in [2.75, 3.05) is 6.79 Å². The van der Waals surface area contributed by atoms with Crippen LogP contribution in [0, 0.1) is 6.92 Å². The number of hydrogen-bond donors (Lipinski definition) is 3. The molecule has 0 aliphatic carbocycles. The van der Waals surface area contributed by atoms with E-state index in [1.165, 1.54) is 0 Å². The molecule has 3 rings (SSSR count). The Balaban J connectivity index is 1.46. The molecule has 1 aliphatic heterocycles. The molecule has 3 N–H and O–H groups in total. The Morgan fingerprint density at radius 2 is 1.83 bits per heavy atom. The number of ether oxygens (including phenoxy) is 2. The minimum Gasteiger partial charge on any atom is -0.454 e. The fourth-order valence-electron chi connectivity index (χ4n) is 2.17. The van der Waals surface area contributed by atoms with Crippen molar-refractivity contribution in [3.8, 4) is 11.5 Å². The van der Waals surface area contributed by atoms with Gasteiger partial charge in [-0.2, -0.15) is 0 Å². The second-order valence-corrected chi connectivity index (χ2v) is 5.72. The number of benzene rings is 2. The van der Waals surface area contributed by atoms with E-state index in [9.17, 15) is 4.79 Å². The average Bonchev–Trinajstić information content (AvgIpc) is 3.06. The van der Waals surface area contributed by atoms with Crippen molar-refractivity contribution in [2.24, 2.45) is 0 Å². The zero-order valence-corrected chi connectivity index (χ0v) is 13.9. The van der Waals surface area contributed by atoms with Crippen LogP contribution in [0.5, 0.6) is 11.5 Å². The summed E-state index contributed by atoms with van der Waals surface area (Å²) in [5.74, 6) is 1.22. The van der Waals surface area contributed by atoms with Gasteiger partial charge in [-0.15, -0.1) is 0 Å². The first-order valence-electron chi connectivity index (χ1n) is 7.41. The van der Waals surface area contributed by atoms with Gasteiger partial charge in [0.2, 0.25) is 6.79 Å².